The van der Waals surface area contributed by atoms with Crippen molar-refractivity contribution in [2.24, 2.45) is 5.92 Å². The largest absolute Gasteiger partial charge is 0.393 e. The van der Waals surface area contributed by atoms with Crippen molar-refractivity contribution in [2.75, 3.05) is 19.6 Å². The molecule has 1 fully saturated rings. The van der Waals surface area contributed by atoms with Crippen molar-refractivity contribution in [2.45, 2.75) is 51.2 Å². The predicted molar refractivity (Wildman–Crippen MR) is 94.9 cm³/mol. The molecule has 1 aliphatic heterocycles. The summed E-state index contributed by atoms with van der Waals surface area (Å²) in [7, 11) is 0. The molecule has 0 bridgehead atoms. The molecule has 1 aliphatic rings. The van der Waals surface area contributed by atoms with Gasteiger partial charge in [-0.2, -0.15) is 0 Å². The summed E-state index contributed by atoms with van der Waals surface area (Å²) in [6, 6.07) is 9.94. The van der Waals surface area contributed by atoms with Crippen LogP contribution in [0, 0.1) is 5.92 Å². The molecule has 2 rings (SSSR count). The average Bonchev–Trinajstić information content (AvgIpc) is 2.59. The van der Waals surface area contributed by atoms with Gasteiger partial charge in [0.2, 0.25) is 0 Å². The van der Waals surface area contributed by atoms with Crippen molar-refractivity contribution in [1.82, 2.24) is 10.2 Å². The van der Waals surface area contributed by atoms with Gasteiger partial charge in [-0.3, -0.25) is 0 Å². The van der Waals surface area contributed by atoms with Crippen LogP contribution in [0.25, 0.3) is 0 Å². The maximum atomic E-state index is 12.4. The van der Waals surface area contributed by atoms with Crippen LogP contribution in [0.5, 0.6) is 0 Å². The van der Waals surface area contributed by atoms with Crippen molar-refractivity contribution in [3.8, 4) is 0 Å². The van der Waals surface area contributed by atoms with E-state index in [-0.39, 0.29) is 18.1 Å². The molecule has 0 spiro atoms. The average molecular weight is 334 g/mol. The molecule has 3 N–H and O–H groups in total. The van der Waals surface area contributed by atoms with Crippen LogP contribution in [0.4, 0.5) is 4.79 Å². The molecule has 24 heavy (non-hydrogen) atoms. The first-order valence-corrected chi connectivity index (χ1v) is 8.91. The summed E-state index contributed by atoms with van der Waals surface area (Å²) in [6.45, 7) is 5.49. The van der Waals surface area contributed by atoms with Gasteiger partial charge in [0.05, 0.1) is 12.2 Å². The highest BCUT2D eigenvalue weighted by atomic mass is 16.3. The Balaban J connectivity index is 1.86. The Kier molecular flexibility index (Phi) is 7.06. The molecule has 0 aromatic heterocycles. The van der Waals surface area contributed by atoms with E-state index in [0.717, 1.165) is 18.4 Å². The van der Waals surface area contributed by atoms with Gasteiger partial charge in [0.15, 0.2) is 0 Å². The number of carbonyl (C=O) groups is 1. The third-order valence-corrected chi connectivity index (χ3v) is 4.91. The zero-order chi connectivity index (χ0) is 17.5. The lowest BCUT2D eigenvalue weighted by Gasteiger charge is -2.33. The molecule has 1 aromatic carbocycles. The Morgan fingerprint density at radius 2 is 1.83 bits per heavy atom. The molecule has 2 amide bonds. The van der Waals surface area contributed by atoms with Crippen LogP contribution < -0.4 is 5.32 Å². The van der Waals surface area contributed by atoms with Crippen LogP contribution >= 0.6 is 0 Å². The number of nitrogens with zero attached hydrogens (tertiary/aromatic N) is 1. The lowest BCUT2D eigenvalue weighted by atomic mass is 9.92. The Bertz CT molecular complexity index is 497. The minimum atomic E-state index is -0.408. The van der Waals surface area contributed by atoms with Crippen molar-refractivity contribution in [3.63, 3.8) is 0 Å². The summed E-state index contributed by atoms with van der Waals surface area (Å²) >= 11 is 0. The van der Waals surface area contributed by atoms with Gasteiger partial charge in [0, 0.05) is 25.6 Å². The number of hydrogen-bond donors (Lipinski definition) is 3. The molecular weight excluding hydrogens is 304 g/mol. The lowest BCUT2D eigenvalue weighted by molar-refractivity contribution is 0.0797. The van der Waals surface area contributed by atoms with Gasteiger partial charge in [-0.15, -0.1) is 0 Å². The number of amides is 2. The molecule has 3 atom stereocenters. The number of urea groups is 1. The van der Waals surface area contributed by atoms with Crippen LogP contribution in [0.2, 0.25) is 0 Å². The van der Waals surface area contributed by atoms with Gasteiger partial charge in [0.25, 0.3) is 0 Å². The highest BCUT2D eigenvalue weighted by molar-refractivity contribution is 5.74. The predicted octanol–water partition coefficient (Wildman–Crippen LogP) is 2.34. The first-order valence-electron chi connectivity index (χ1n) is 8.91. The van der Waals surface area contributed by atoms with E-state index in [4.69, 9.17) is 0 Å². The van der Waals surface area contributed by atoms with Crippen LogP contribution in [-0.2, 0) is 0 Å². The summed E-state index contributed by atoms with van der Waals surface area (Å²) < 4.78 is 0. The Hall–Kier alpha value is -1.59. The number of aliphatic hydroxyl groups excluding tert-OH is 2. The third-order valence-electron chi connectivity index (χ3n) is 4.91. The van der Waals surface area contributed by atoms with Gasteiger partial charge in [-0.1, -0.05) is 30.3 Å². The van der Waals surface area contributed by atoms with E-state index in [1.54, 1.807) is 6.92 Å². The highest BCUT2D eigenvalue weighted by Gasteiger charge is 2.26. The second-order valence-corrected chi connectivity index (χ2v) is 6.94. The second-order valence-electron chi connectivity index (χ2n) is 6.94. The zero-order valence-corrected chi connectivity index (χ0v) is 14.7. The number of piperidine rings is 1. The second kappa shape index (κ2) is 9.04. The molecular formula is C19H30N2O3. The maximum Gasteiger partial charge on any atom is 0.317 e. The Morgan fingerprint density at radius 1 is 1.21 bits per heavy atom. The zero-order valence-electron chi connectivity index (χ0n) is 14.7. The SMILES string of the molecule is CC(O)CC(CNC(=O)N1CCC(C(C)O)CC1)c1ccccc1. The fourth-order valence-electron chi connectivity index (χ4n) is 3.38. The molecule has 0 aliphatic carbocycles. The van der Waals surface area contributed by atoms with Crippen molar-refractivity contribution in [1.29, 1.82) is 0 Å². The summed E-state index contributed by atoms with van der Waals surface area (Å²) in [5, 5.41) is 22.4. The maximum absolute atomic E-state index is 12.4. The highest BCUT2D eigenvalue weighted by Crippen LogP contribution is 2.22. The van der Waals surface area contributed by atoms with Gasteiger partial charge in [-0.25, -0.2) is 4.79 Å². The van der Waals surface area contributed by atoms with Crippen molar-refractivity contribution in [3.05, 3.63) is 35.9 Å². The van der Waals surface area contributed by atoms with E-state index in [2.05, 4.69) is 5.32 Å². The van der Waals surface area contributed by atoms with E-state index in [0.29, 0.717) is 32.0 Å². The lowest BCUT2D eigenvalue weighted by Crippen LogP contribution is -2.46. The minimum absolute atomic E-state index is 0.0504. The van der Waals surface area contributed by atoms with Crippen molar-refractivity contribution >= 4 is 6.03 Å². The number of benzene rings is 1. The van der Waals surface area contributed by atoms with Crippen LogP contribution in [0.1, 0.15) is 44.6 Å². The Labute approximate surface area is 144 Å². The molecule has 0 saturated carbocycles. The molecule has 5 nitrogen and oxygen atoms in total. The quantitative estimate of drug-likeness (QED) is 0.748. The summed E-state index contributed by atoms with van der Waals surface area (Å²) in [6.07, 6.45) is 1.61. The molecule has 3 unspecified atom stereocenters. The van der Waals surface area contributed by atoms with E-state index in [9.17, 15) is 15.0 Å². The number of hydrogen-bond acceptors (Lipinski definition) is 3. The number of rotatable bonds is 6. The summed E-state index contributed by atoms with van der Waals surface area (Å²) in [5.74, 6) is 0.395. The first kappa shape index (κ1) is 18.7. The fraction of sp³-hybridized carbons (Fsp3) is 0.632. The van der Waals surface area contributed by atoms with Crippen LogP contribution in [0.3, 0.4) is 0 Å². The fourth-order valence-corrected chi connectivity index (χ4v) is 3.38. The monoisotopic (exact) mass is 334 g/mol. The van der Waals surface area contributed by atoms with Crippen LogP contribution in [-0.4, -0.2) is 53.0 Å². The smallest absolute Gasteiger partial charge is 0.317 e. The minimum Gasteiger partial charge on any atom is -0.393 e. The topological polar surface area (TPSA) is 72.8 Å². The van der Waals surface area contributed by atoms with E-state index >= 15 is 0 Å². The van der Waals surface area contributed by atoms with Gasteiger partial charge < -0.3 is 20.4 Å². The first-order chi connectivity index (χ1) is 11.5. The molecule has 134 valence electrons. The standard InChI is InChI=1S/C19H30N2O3/c1-14(22)12-18(17-6-4-3-5-7-17)13-20-19(24)21-10-8-16(9-11-21)15(2)23/h3-7,14-16,18,22-23H,8-13H2,1-2H3,(H,20,24). The van der Waals surface area contributed by atoms with Gasteiger partial charge >= 0.3 is 6.03 Å². The number of aliphatic hydroxyl groups is 2. The van der Waals surface area contributed by atoms with Crippen molar-refractivity contribution < 1.29 is 15.0 Å². The molecule has 0 radical (unpaired) electrons. The molecule has 5 heteroatoms. The summed E-state index contributed by atoms with van der Waals surface area (Å²) in [4.78, 5) is 14.2. The van der Waals surface area contributed by atoms with Crippen LogP contribution in [0.15, 0.2) is 30.3 Å². The normalized spacial score (nSPS) is 19.6. The third kappa shape index (κ3) is 5.49. The summed E-state index contributed by atoms with van der Waals surface area (Å²) in [5.41, 5.74) is 1.13. The van der Waals surface area contributed by atoms with Gasteiger partial charge in [-0.05, 0) is 44.6 Å². The molecule has 1 aromatic rings. The number of nitrogens with one attached hydrogen (secondary N) is 1. The van der Waals surface area contributed by atoms with E-state index in [1.807, 2.05) is 42.2 Å². The van der Waals surface area contributed by atoms with E-state index in [1.165, 1.54) is 0 Å². The van der Waals surface area contributed by atoms with Gasteiger partial charge in [0.1, 0.15) is 0 Å². The van der Waals surface area contributed by atoms with E-state index < -0.39 is 6.10 Å². The molecule has 1 saturated heterocycles. The number of likely N-dealkylation sites (tertiary alicyclic amines) is 1. The molecule has 1 heterocycles. The Morgan fingerprint density at radius 3 is 2.38 bits per heavy atom. The number of carbonyl (C=O) groups excluding carboxylic acids is 1.